The van der Waals surface area contributed by atoms with Crippen LogP contribution >= 0.6 is 0 Å². The maximum Gasteiger partial charge on any atom is 0.416 e. The number of aryl methyl sites for hydroxylation is 1. The fourth-order valence-corrected chi connectivity index (χ4v) is 3.06. The van der Waals surface area contributed by atoms with Gasteiger partial charge in [0.2, 0.25) is 0 Å². The molecule has 3 nitrogen and oxygen atoms in total. The van der Waals surface area contributed by atoms with Crippen molar-refractivity contribution in [1.29, 1.82) is 0 Å². The van der Waals surface area contributed by atoms with Gasteiger partial charge in [-0.05, 0) is 50.8 Å². The predicted molar refractivity (Wildman–Crippen MR) is 97.2 cm³/mol. The largest absolute Gasteiger partial charge is 0.416 e. The highest BCUT2D eigenvalue weighted by molar-refractivity contribution is 5.77. The molecule has 0 saturated carbocycles. The number of benzene rings is 2. The summed E-state index contributed by atoms with van der Waals surface area (Å²) in [6.45, 7) is 1.63. The van der Waals surface area contributed by atoms with Crippen molar-refractivity contribution in [1.82, 2.24) is 14.5 Å². The molecule has 0 aliphatic carbocycles. The van der Waals surface area contributed by atoms with Crippen LogP contribution in [0.15, 0.2) is 48.5 Å². The van der Waals surface area contributed by atoms with Crippen LogP contribution in [0.3, 0.4) is 0 Å². The molecule has 6 heteroatoms. The summed E-state index contributed by atoms with van der Waals surface area (Å²) >= 11 is 0. The normalized spacial score (nSPS) is 12.2. The van der Waals surface area contributed by atoms with Crippen LogP contribution in [0.25, 0.3) is 11.0 Å². The minimum atomic E-state index is -4.36. The second-order valence-electron chi connectivity index (χ2n) is 6.70. The van der Waals surface area contributed by atoms with Crippen molar-refractivity contribution in [3.8, 4) is 0 Å². The Bertz CT molecular complexity index is 867. The van der Waals surface area contributed by atoms with Gasteiger partial charge in [-0.25, -0.2) is 4.98 Å². The molecule has 3 aromatic rings. The molecule has 1 heterocycles. The van der Waals surface area contributed by atoms with Gasteiger partial charge in [0.25, 0.3) is 0 Å². The summed E-state index contributed by atoms with van der Waals surface area (Å²) in [5.74, 6) is 0.796. The molecule has 0 bridgehead atoms. The first kappa shape index (κ1) is 18.5. The maximum absolute atomic E-state index is 13.0. The number of alkyl halides is 3. The third-order valence-electron chi connectivity index (χ3n) is 4.35. The number of fused-ring (bicyclic) bond motifs is 1. The van der Waals surface area contributed by atoms with Gasteiger partial charge in [0.15, 0.2) is 0 Å². The average molecular weight is 361 g/mol. The van der Waals surface area contributed by atoms with E-state index in [1.807, 2.05) is 49.0 Å². The van der Waals surface area contributed by atoms with Gasteiger partial charge in [0, 0.05) is 13.0 Å². The average Bonchev–Trinajstić information content (AvgIpc) is 2.91. The smallest absolute Gasteiger partial charge is 0.328 e. The first-order chi connectivity index (χ1) is 12.3. The Hall–Kier alpha value is -2.34. The molecule has 0 aliphatic rings. The quantitative estimate of drug-likeness (QED) is 0.640. The maximum atomic E-state index is 13.0. The summed E-state index contributed by atoms with van der Waals surface area (Å²) in [5, 5.41) is 0. The fraction of sp³-hybridized carbons (Fsp3) is 0.350. The number of rotatable bonds is 6. The Balaban J connectivity index is 1.99. The molecular weight excluding hydrogens is 339 g/mol. The van der Waals surface area contributed by atoms with E-state index < -0.39 is 11.7 Å². The molecule has 2 aromatic carbocycles. The van der Waals surface area contributed by atoms with Crippen LogP contribution < -0.4 is 0 Å². The predicted octanol–water partition coefficient (Wildman–Crippen LogP) is 4.60. The van der Waals surface area contributed by atoms with Crippen LogP contribution in [0.2, 0.25) is 0 Å². The third-order valence-corrected chi connectivity index (χ3v) is 4.35. The zero-order valence-corrected chi connectivity index (χ0v) is 14.9. The second kappa shape index (κ2) is 7.50. The van der Waals surface area contributed by atoms with E-state index in [9.17, 15) is 13.2 Å². The van der Waals surface area contributed by atoms with E-state index in [4.69, 9.17) is 0 Å². The van der Waals surface area contributed by atoms with Gasteiger partial charge in [0.1, 0.15) is 5.82 Å². The first-order valence-corrected chi connectivity index (χ1v) is 8.59. The Morgan fingerprint density at radius 1 is 1.04 bits per heavy atom. The van der Waals surface area contributed by atoms with Crippen molar-refractivity contribution in [3.05, 3.63) is 65.5 Å². The van der Waals surface area contributed by atoms with Gasteiger partial charge >= 0.3 is 6.18 Å². The molecular formula is C20H22F3N3. The second-order valence-corrected chi connectivity index (χ2v) is 6.70. The van der Waals surface area contributed by atoms with Gasteiger partial charge in [0.05, 0.1) is 16.6 Å². The van der Waals surface area contributed by atoms with Gasteiger partial charge in [-0.2, -0.15) is 13.2 Å². The van der Waals surface area contributed by atoms with E-state index in [-0.39, 0.29) is 0 Å². The van der Waals surface area contributed by atoms with Crippen molar-refractivity contribution >= 4 is 11.0 Å². The summed E-state index contributed by atoms with van der Waals surface area (Å²) < 4.78 is 41.1. The van der Waals surface area contributed by atoms with Crippen LogP contribution in [0.4, 0.5) is 13.2 Å². The minimum absolute atomic E-state index is 0.399. The van der Waals surface area contributed by atoms with Crippen molar-refractivity contribution in [3.63, 3.8) is 0 Å². The number of hydrogen-bond acceptors (Lipinski definition) is 2. The SMILES string of the molecule is CN(C)CCCn1c(Cc2ccccc2)nc2cc(C(F)(F)F)ccc21. The lowest BCUT2D eigenvalue weighted by Gasteiger charge is -2.13. The van der Waals surface area contributed by atoms with Crippen LogP contribution in [0.5, 0.6) is 0 Å². The lowest BCUT2D eigenvalue weighted by Crippen LogP contribution is -2.16. The van der Waals surface area contributed by atoms with E-state index in [2.05, 4.69) is 9.88 Å². The lowest BCUT2D eigenvalue weighted by atomic mass is 10.1. The Kier molecular flexibility index (Phi) is 5.32. The summed E-state index contributed by atoms with van der Waals surface area (Å²) in [6, 6.07) is 13.7. The van der Waals surface area contributed by atoms with Crippen molar-refractivity contribution in [2.75, 3.05) is 20.6 Å². The molecule has 0 amide bonds. The van der Waals surface area contributed by atoms with E-state index in [0.29, 0.717) is 11.9 Å². The highest BCUT2D eigenvalue weighted by Crippen LogP contribution is 2.31. The van der Waals surface area contributed by atoms with Crippen molar-refractivity contribution < 1.29 is 13.2 Å². The van der Waals surface area contributed by atoms with E-state index in [1.165, 1.54) is 6.07 Å². The minimum Gasteiger partial charge on any atom is -0.328 e. The summed E-state index contributed by atoms with van der Waals surface area (Å²) in [7, 11) is 4.01. The number of nitrogens with zero attached hydrogens (tertiary/aromatic N) is 3. The van der Waals surface area contributed by atoms with Crippen LogP contribution in [-0.4, -0.2) is 35.1 Å². The van der Waals surface area contributed by atoms with Crippen molar-refractivity contribution in [2.24, 2.45) is 0 Å². The zero-order valence-electron chi connectivity index (χ0n) is 14.9. The summed E-state index contributed by atoms with van der Waals surface area (Å²) in [4.78, 5) is 6.62. The Morgan fingerprint density at radius 3 is 2.42 bits per heavy atom. The van der Waals surface area contributed by atoms with Gasteiger partial charge in [-0.3, -0.25) is 0 Å². The Morgan fingerprint density at radius 2 is 1.77 bits per heavy atom. The summed E-state index contributed by atoms with van der Waals surface area (Å²) in [6.07, 6.45) is -2.86. The molecule has 0 unspecified atom stereocenters. The van der Waals surface area contributed by atoms with E-state index in [1.54, 1.807) is 0 Å². The highest BCUT2D eigenvalue weighted by atomic mass is 19.4. The van der Waals surface area contributed by atoms with Gasteiger partial charge < -0.3 is 9.47 Å². The zero-order chi connectivity index (χ0) is 18.7. The monoisotopic (exact) mass is 361 g/mol. The highest BCUT2D eigenvalue weighted by Gasteiger charge is 2.31. The molecule has 1 aromatic heterocycles. The topological polar surface area (TPSA) is 21.1 Å². The lowest BCUT2D eigenvalue weighted by molar-refractivity contribution is -0.137. The fourth-order valence-electron chi connectivity index (χ4n) is 3.06. The molecule has 0 saturated heterocycles. The van der Waals surface area contributed by atoms with Crippen molar-refractivity contribution in [2.45, 2.75) is 25.6 Å². The third kappa shape index (κ3) is 4.25. The van der Waals surface area contributed by atoms with Crippen LogP contribution in [-0.2, 0) is 19.1 Å². The number of imidazole rings is 1. The van der Waals surface area contributed by atoms with E-state index >= 15 is 0 Å². The number of halogens is 3. The molecule has 0 atom stereocenters. The molecule has 26 heavy (non-hydrogen) atoms. The molecule has 0 aliphatic heterocycles. The van der Waals surface area contributed by atoms with E-state index in [0.717, 1.165) is 48.5 Å². The molecule has 0 spiro atoms. The number of aromatic nitrogens is 2. The van der Waals surface area contributed by atoms with Crippen LogP contribution in [0, 0.1) is 0 Å². The molecule has 0 radical (unpaired) electrons. The summed E-state index contributed by atoms with van der Waals surface area (Å²) in [5.41, 5.74) is 1.58. The molecule has 0 N–H and O–H groups in total. The van der Waals surface area contributed by atoms with Crippen LogP contribution in [0.1, 0.15) is 23.4 Å². The molecule has 138 valence electrons. The number of hydrogen-bond donors (Lipinski definition) is 0. The first-order valence-electron chi connectivity index (χ1n) is 8.59. The standard InChI is InChI=1S/C20H22F3N3/c1-25(2)11-6-12-26-18-10-9-16(20(21,22)23)14-17(18)24-19(26)13-15-7-4-3-5-8-15/h3-5,7-10,14H,6,11-13H2,1-2H3. The Labute approximate surface area is 151 Å². The van der Waals surface area contributed by atoms with Gasteiger partial charge in [-0.1, -0.05) is 30.3 Å². The molecule has 3 rings (SSSR count). The molecule has 0 fully saturated rings. The van der Waals surface area contributed by atoms with Gasteiger partial charge in [-0.15, -0.1) is 0 Å².